The minimum Gasteiger partial charge on any atom is -0.399 e. The molecule has 0 aliphatic carbocycles. The first-order chi connectivity index (χ1) is 6.72. The number of nitrogen functional groups attached to an aromatic ring is 1. The summed E-state index contributed by atoms with van der Waals surface area (Å²) >= 11 is 0. The van der Waals surface area contributed by atoms with Crippen LogP contribution < -0.4 is 11.5 Å². The summed E-state index contributed by atoms with van der Waals surface area (Å²) in [4.78, 5) is 0. The normalized spacial score (nSPS) is 11.0. The van der Waals surface area contributed by atoms with E-state index in [2.05, 4.69) is 5.10 Å². The van der Waals surface area contributed by atoms with E-state index in [1.165, 1.54) is 0 Å². The minimum absolute atomic E-state index is 0.598. The van der Waals surface area contributed by atoms with Crippen molar-refractivity contribution in [2.24, 2.45) is 5.73 Å². The Morgan fingerprint density at radius 3 is 2.93 bits per heavy atom. The van der Waals surface area contributed by atoms with Gasteiger partial charge in [-0.15, -0.1) is 0 Å². The molecule has 0 amide bonds. The van der Waals surface area contributed by atoms with Crippen molar-refractivity contribution >= 4 is 16.6 Å². The van der Waals surface area contributed by atoms with Crippen LogP contribution in [0.3, 0.4) is 0 Å². The van der Waals surface area contributed by atoms with Gasteiger partial charge in [0.1, 0.15) is 0 Å². The molecule has 0 saturated carbocycles. The number of benzene rings is 1. The Balaban J connectivity index is 2.65. The number of anilines is 1. The van der Waals surface area contributed by atoms with Gasteiger partial charge < -0.3 is 11.5 Å². The SMILES string of the molecule is Cc1nn(CCN)c2ccc(N)cc12. The summed E-state index contributed by atoms with van der Waals surface area (Å²) < 4.78 is 1.92. The van der Waals surface area contributed by atoms with Gasteiger partial charge in [0, 0.05) is 17.6 Å². The number of hydrogen-bond acceptors (Lipinski definition) is 3. The topological polar surface area (TPSA) is 69.9 Å². The molecule has 74 valence electrons. The van der Waals surface area contributed by atoms with Crippen LogP contribution in [0.25, 0.3) is 10.9 Å². The van der Waals surface area contributed by atoms with Crippen molar-refractivity contribution in [1.82, 2.24) is 9.78 Å². The summed E-state index contributed by atoms with van der Waals surface area (Å²) in [5.74, 6) is 0. The van der Waals surface area contributed by atoms with Crippen LogP contribution in [0.5, 0.6) is 0 Å². The van der Waals surface area contributed by atoms with Crippen LogP contribution in [0.15, 0.2) is 18.2 Å². The molecule has 1 aromatic heterocycles. The largest absolute Gasteiger partial charge is 0.399 e. The fourth-order valence-electron chi connectivity index (χ4n) is 1.65. The van der Waals surface area contributed by atoms with Gasteiger partial charge >= 0.3 is 0 Å². The highest BCUT2D eigenvalue weighted by Gasteiger charge is 2.05. The highest BCUT2D eigenvalue weighted by atomic mass is 15.3. The van der Waals surface area contributed by atoms with Crippen molar-refractivity contribution < 1.29 is 0 Å². The van der Waals surface area contributed by atoms with Crippen LogP contribution in [-0.2, 0) is 6.54 Å². The van der Waals surface area contributed by atoms with E-state index < -0.39 is 0 Å². The fourth-order valence-corrected chi connectivity index (χ4v) is 1.65. The lowest BCUT2D eigenvalue weighted by Crippen LogP contribution is -2.10. The molecule has 0 spiro atoms. The third-order valence-corrected chi connectivity index (χ3v) is 2.30. The molecule has 0 unspecified atom stereocenters. The van der Waals surface area contributed by atoms with E-state index in [9.17, 15) is 0 Å². The number of fused-ring (bicyclic) bond motifs is 1. The summed E-state index contributed by atoms with van der Waals surface area (Å²) in [5.41, 5.74) is 14.1. The lowest BCUT2D eigenvalue weighted by molar-refractivity contribution is 0.640. The molecule has 4 heteroatoms. The second-order valence-corrected chi connectivity index (χ2v) is 3.37. The van der Waals surface area contributed by atoms with E-state index in [0.29, 0.717) is 6.54 Å². The van der Waals surface area contributed by atoms with Crippen molar-refractivity contribution in [3.8, 4) is 0 Å². The minimum atomic E-state index is 0.598. The molecule has 0 radical (unpaired) electrons. The van der Waals surface area contributed by atoms with Crippen LogP contribution in [0.4, 0.5) is 5.69 Å². The Morgan fingerprint density at radius 2 is 2.21 bits per heavy atom. The molecule has 0 atom stereocenters. The number of aryl methyl sites for hydroxylation is 1. The van der Waals surface area contributed by atoms with E-state index in [1.807, 2.05) is 29.8 Å². The third kappa shape index (κ3) is 1.33. The summed E-state index contributed by atoms with van der Waals surface area (Å²) in [5, 5.41) is 5.51. The van der Waals surface area contributed by atoms with Gasteiger partial charge in [-0.1, -0.05) is 0 Å². The van der Waals surface area contributed by atoms with Gasteiger partial charge in [0.25, 0.3) is 0 Å². The van der Waals surface area contributed by atoms with Crippen molar-refractivity contribution in [2.75, 3.05) is 12.3 Å². The monoisotopic (exact) mass is 190 g/mol. The second-order valence-electron chi connectivity index (χ2n) is 3.37. The van der Waals surface area contributed by atoms with E-state index in [4.69, 9.17) is 11.5 Å². The summed E-state index contributed by atoms with van der Waals surface area (Å²) in [6, 6.07) is 5.82. The molecule has 0 saturated heterocycles. The Kier molecular flexibility index (Phi) is 2.13. The van der Waals surface area contributed by atoms with E-state index in [0.717, 1.165) is 28.8 Å². The average Bonchev–Trinajstić information content (AvgIpc) is 2.44. The van der Waals surface area contributed by atoms with Gasteiger partial charge in [0.15, 0.2) is 0 Å². The molecule has 2 aromatic rings. The molecule has 4 nitrogen and oxygen atoms in total. The number of nitrogens with zero attached hydrogens (tertiary/aromatic N) is 2. The van der Waals surface area contributed by atoms with Crippen LogP contribution >= 0.6 is 0 Å². The lowest BCUT2D eigenvalue weighted by atomic mass is 10.2. The van der Waals surface area contributed by atoms with Gasteiger partial charge in [-0.05, 0) is 25.1 Å². The summed E-state index contributed by atoms with van der Waals surface area (Å²) in [6.07, 6.45) is 0. The quantitative estimate of drug-likeness (QED) is 0.691. The van der Waals surface area contributed by atoms with Crippen LogP contribution in [0.1, 0.15) is 5.69 Å². The molecule has 14 heavy (non-hydrogen) atoms. The lowest BCUT2D eigenvalue weighted by Gasteiger charge is -2.00. The molecule has 4 N–H and O–H groups in total. The Hall–Kier alpha value is -1.55. The Morgan fingerprint density at radius 1 is 1.43 bits per heavy atom. The van der Waals surface area contributed by atoms with Gasteiger partial charge in [-0.25, -0.2) is 0 Å². The first-order valence-corrected chi connectivity index (χ1v) is 4.65. The zero-order valence-corrected chi connectivity index (χ0v) is 8.20. The fraction of sp³-hybridized carbons (Fsp3) is 0.300. The smallest absolute Gasteiger partial charge is 0.0687 e. The first-order valence-electron chi connectivity index (χ1n) is 4.65. The number of aromatic nitrogens is 2. The Labute approximate surface area is 82.5 Å². The second kappa shape index (κ2) is 3.31. The maximum atomic E-state index is 5.71. The number of rotatable bonds is 2. The molecule has 1 aromatic carbocycles. The van der Waals surface area contributed by atoms with Crippen molar-refractivity contribution in [3.63, 3.8) is 0 Å². The Bertz CT molecular complexity index is 458. The number of nitrogens with two attached hydrogens (primary N) is 2. The molecule has 1 heterocycles. The molecule has 0 aliphatic heterocycles. The first kappa shape index (κ1) is 9.02. The van der Waals surface area contributed by atoms with E-state index in [1.54, 1.807) is 0 Å². The molecular formula is C10H14N4. The van der Waals surface area contributed by atoms with Crippen molar-refractivity contribution in [3.05, 3.63) is 23.9 Å². The van der Waals surface area contributed by atoms with Crippen LogP contribution in [0, 0.1) is 6.92 Å². The van der Waals surface area contributed by atoms with Crippen LogP contribution in [-0.4, -0.2) is 16.3 Å². The summed E-state index contributed by atoms with van der Waals surface area (Å²) in [6.45, 7) is 3.32. The molecule has 2 rings (SSSR count). The molecule has 0 bridgehead atoms. The van der Waals surface area contributed by atoms with Gasteiger partial charge in [-0.3, -0.25) is 4.68 Å². The predicted molar refractivity (Wildman–Crippen MR) is 57.9 cm³/mol. The molecule has 0 aliphatic rings. The highest BCUT2D eigenvalue weighted by molar-refractivity contribution is 5.84. The highest BCUT2D eigenvalue weighted by Crippen LogP contribution is 2.20. The predicted octanol–water partition coefficient (Wildman–Crippen LogP) is 0.886. The standard InChI is InChI=1S/C10H14N4/c1-7-9-6-8(12)2-3-10(9)14(13-7)5-4-11/h2-3,6H,4-5,11-12H2,1H3. The van der Waals surface area contributed by atoms with Crippen molar-refractivity contribution in [2.45, 2.75) is 13.5 Å². The van der Waals surface area contributed by atoms with E-state index in [-0.39, 0.29) is 0 Å². The van der Waals surface area contributed by atoms with E-state index >= 15 is 0 Å². The maximum Gasteiger partial charge on any atom is 0.0687 e. The van der Waals surface area contributed by atoms with Crippen LogP contribution in [0.2, 0.25) is 0 Å². The zero-order chi connectivity index (χ0) is 10.1. The third-order valence-electron chi connectivity index (χ3n) is 2.30. The van der Waals surface area contributed by atoms with Gasteiger partial charge in [-0.2, -0.15) is 5.10 Å². The zero-order valence-electron chi connectivity index (χ0n) is 8.20. The molecular weight excluding hydrogens is 176 g/mol. The van der Waals surface area contributed by atoms with Crippen molar-refractivity contribution in [1.29, 1.82) is 0 Å². The van der Waals surface area contributed by atoms with Gasteiger partial charge in [0.05, 0.1) is 17.8 Å². The average molecular weight is 190 g/mol. The summed E-state index contributed by atoms with van der Waals surface area (Å²) in [7, 11) is 0. The maximum absolute atomic E-state index is 5.71. The van der Waals surface area contributed by atoms with Gasteiger partial charge in [0.2, 0.25) is 0 Å². The number of hydrogen-bond donors (Lipinski definition) is 2. The molecule has 0 fully saturated rings.